The lowest BCUT2D eigenvalue weighted by Crippen LogP contribution is -2.48. The maximum absolute atomic E-state index is 9.17. The molecule has 0 spiro atoms. The monoisotopic (exact) mass is 281 g/mol. The molecule has 2 rings (SSSR count). The summed E-state index contributed by atoms with van der Waals surface area (Å²) in [5, 5.41) is 17.8. The Balaban J connectivity index is 1.97. The van der Waals surface area contributed by atoms with Gasteiger partial charge in [0, 0.05) is 24.0 Å². The first-order chi connectivity index (χ1) is 9.22. The molecule has 2 N–H and O–H groups in total. The molecule has 2 atom stereocenters. The van der Waals surface area contributed by atoms with Crippen LogP contribution in [-0.2, 0) is 11.3 Å². The van der Waals surface area contributed by atoms with Crippen LogP contribution in [-0.4, -0.2) is 53.6 Å². The van der Waals surface area contributed by atoms with Crippen molar-refractivity contribution in [3.63, 3.8) is 0 Å². The normalized spacial score (nSPS) is 23.9. The van der Waals surface area contributed by atoms with Crippen LogP contribution in [0.25, 0.3) is 0 Å². The second-order valence-electron chi connectivity index (χ2n) is 4.64. The topological polar surface area (TPSA) is 52.9 Å². The Bertz CT molecular complexity index is 463. The SMILES string of the molecule is CC1COC(CO)CN1Cc1ccc(C#CCO)s1. The average Bonchev–Trinajstić information content (AvgIpc) is 2.86. The number of thiophene rings is 1. The van der Waals surface area contributed by atoms with Gasteiger partial charge in [-0.05, 0) is 19.1 Å². The zero-order valence-corrected chi connectivity index (χ0v) is 11.8. The highest BCUT2D eigenvalue weighted by atomic mass is 32.1. The summed E-state index contributed by atoms with van der Waals surface area (Å²) < 4.78 is 5.53. The summed E-state index contributed by atoms with van der Waals surface area (Å²) in [5.41, 5.74) is 0. The molecule has 0 saturated carbocycles. The van der Waals surface area contributed by atoms with Gasteiger partial charge in [-0.25, -0.2) is 0 Å². The quantitative estimate of drug-likeness (QED) is 0.800. The molecule has 1 saturated heterocycles. The Kier molecular flexibility index (Phi) is 5.37. The van der Waals surface area contributed by atoms with Crippen molar-refractivity contribution in [3.8, 4) is 11.8 Å². The van der Waals surface area contributed by atoms with Crippen molar-refractivity contribution < 1.29 is 14.9 Å². The van der Waals surface area contributed by atoms with E-state index < -0.39 is 0 Å². The van der Waals surface area contributed by atoms with E-state index in [2.05, 4.69) is 29.7 Å². The number of aliphatic hydroxyl groups excluding tert-OH is 2. The van der Waals surface area contributed by atoms with Gasteiger partial charge in [0.25, 0.3) is 0 Å². The van der Waals surface area contributed by atoms with E-state index in [0.29, 0.717) is 12.6 Å². The van der Waals surface area contributed by atoms with E-state index in [1.807, 2.05) is 6.07 Å². The first kappa shape index (κ1) is 14.5. The van der Waals surface area contributed by atoms with Crippen LogP contribution in [0.15, 0.2) is 12.1 Å². The molecule has 0 amide bonds. The summed E-state index contributed by atoms with van der Waals surface area (Å²) in [7, 11) is 0. The van der Waals surface area contributed by atoms with E-state index in [9.17, 15) is 5.11 Å². The fourth-order valence-electron chi connectivity index (χ4n) is 2.06. The van der Waals surface area contributed by atoms with Crippen LogP contribution >= 0.6 is 11.3 Å². The molecule has 5 heteroatoms. The third-order valence-electron chi connectivity index (χ3n) is 3.15. The molecule has 104 valence electrons. The van der Waals surface area contributed by atoms with E-state index in [1.54, 1.807) is 11.3 Å². The highest BCUT2D eigenvalue weighted by molar-refractivity contribution is 7.12. The molecule has 19 heavy (non-hydrogen) atoms. The van der Waals surface area contributed by atoms with Crippen LogP contribution in [0.2, 0.25) is 0 Å². The highest BCUT2D eigenvalue weighted by Gasteiger charge is 2.25. The molecular weight excluding hydrogens is 262 g/mol. The van der Waals surface area contributed by atoms with E-state index in [0.717, 1.165) is 18.0 Å². The molecule has 2 heterocycles. The lowest BCUT2D eigenvalue weighted by Gasteiger charge is -2.37. The van der Waals surface area contributed by atoms with Gasteiger partial charge in [0.1, 0.15) is 6.61 Å². The van der Waals surface area contributed by atoms with E-state index in [4.69, 9.17) is 9.84 Å². The van der Waals surface area contributed by atoms with Gasteiger partial charge in [-0.3, -0.25) is 4.90 Å². The molecule has 1 aromatic heterocycles. The summed E-state index contributed by atoms with van der Waals surface area (Å²) in [6.45, 7) is 4.37. The first-order valence-electron chi connectivity index (χ1n) is 6.38. The van der Waals surface area contributed by atoms with Crippen molar-refractivity contribution >= 4 is 11.3 Å². The Morgan fingerprint density at radius 1 is 1.47 bits per heavy atom. The molecule has 0 bridgehead atoms. The Labute approximate surface area is 117 Å². The molecule has 1 aliphatic heterocycles. The van der Waals surface area contributed by atoms with Crippen molar-refractivity contribution in [1.29, 1.82) is 0 Å². The maximum Gasteiger partial charge on any atom is 0.104 e. The fraction of sp³-hybridized carbons (Fsp3) is 0.571. The zero-order chi connectivity index (χ0) is 13.7. The number of ether oxygens (including phenoxy) is 1. The van der Waals surface area contributed by atoms with Crippen LogP contribution in [0.4, 0.5) is 0 Å². The van der Waals surface area contributed by atoms with Crippen LogP contribution < -0.4 is 0 Å². The number of rotatable bonds is 3. The van der Waals surface area contributed by atoms with E-state index >= 15 is 0 Å². The standard InChI is InChI=1S/C14H19NO3S/c1-11-10-18-12(9-17)7-15(11)8-14-5-4-13(19-14)3-2-6-16/h4-5,11-12,16-17H,6-10H2,1H3. The fourth-order valence-corrected chi connectivity index (χ4v) is 2.97. The molecule has 2 unspecified atom stereocenters. The highest BCUT2D eigenvalue weighted by Crippen LogP contribution is 2.21. The van der Waals surface area contributed by atoms with Gasteiger partial charge in [-0.2, -0.15) is 0 Å². The molecule has 0 aliphatic carbocycles. The smallest absolute Gasteiger partial charge is 0.104 e. The predicted octanol–water partition coefficient (Wildman–Crippen LogP) is 0.673. The Morgan fingerprint density at radius 2 is 2.32 bits per heavy atom. The molecule has 4 nitrogen and oxygen atoms in total. The number of nitrogens with zero attached hydrogens (tertiary/aromatic N) is 1. The van der Waals surface area contributed by atoms with Gasteiger partial charge >= 0.3 is 0 Å². The van der Waals surface area contributed by atoms with Crippen LogP contribution in [0.1, 0.15) is 16.7 Å². The molecular formula is C14H19NO3S. The molecule has 1 fully saturated rings. The third kappa shape index (κ3) is 4.03. The van der Waals surface area contributed by atoms with Gasteiger partial charge in [0.05, 0.1) is 24.2 Å². The minimum absolute atomic E-state index is 0.0703. The third-order valence-corrected chi connectivity index (χ3v) is 4.13. The lowest BCUT2D eigenvalue weighted by atomic mass is 10.2. The largest absolute Gasteiger partial charge is 0.394 e. The Morgan fingerprint density at radius 3 is 3.05 bits per heavy atom. The van der Waals surface area contributed by atoms with Crippen LogP contribution in [0.3, 0.4) is 0 Å². The van der Waals surface area contributed by atoms with Gasteiger partial charge in [0.15, 0.2) is 0 Å². The van der Waals surface area contributed by atoms with Gasteiger partial charge in [-0.15, -0.1) is 11.3 Å². The number of hydrogen-bond acceptors (Lipinski definition) is 5. The molecule has 1 aromatic rings. The summed E-state index contributed by atoms with van der Waals surface area (Å²) in [6.07, 6.45) is -0.0789. The minimum atomic E-state index is -0.105. The summed E-state index contributed by atoms with van der Waals surface area (Å²) >= 11 is 1.65. The minimum Gasteiger partial charge on any atom is -0.394 e. The summed E-state index contributed by atoms with van der Waals surface area (Å²) in [5.74, 6) is 5.57. The summed E-state index contributed by atoms with van der Waals surface area (Å²) in [6, 6.07) is 4.41. The molecule has 1 aliphatic rings. The van der Waals surface area contributed by atoms with Crippen molar-refractivity contribution in [3.05, 3.63) is 21.9 Å². The van der Waals surface area contributed by atoms with Crippen molar-refractivity contribution in [2.45, 2.75) is 25.6 Å². The van der Waals surface area contributed by atoms with E-state index in [1.165, 1.54) is 4.88 Å². The zero-order valence-electron chi connectivity index (χ0n) is 11.0. The van der Waals surface area contributed by atoms with Crippen molar-refractivity contribution in [2.75, 3.05) is 26.4 Å². The summed E-state index contributed by atoms with van der Waals surface area (Å²) in [4.78, 5) is 4.54. The predicted molar refractivity (Wildman–Crippen MR) is 75.0 cm³/mol. The number of aliphatic hydroxyl groups is 2. The Hall–Kier alpha value is -0.900. The van der Waals surface area contributed by atoms with Gasteiger partial charge in [-0.1, -0.05) is 11.8 Å². The number of morpholine rings is 1. The molecule has 0 radical (unpaired) electrons. The van der Waals surface area contributed by atoms with Crippen LogP contribution in [0.5, 0.6) is 0 Å². The average molecular weight is 281 g/mol. The van der Waals surface area contributed by atoms with Crippen LogP contribution in [0, 0.1) is 11.8 Å². The molecule has 0 aromatic carbocycles. The lowest BCUT2D eigenvalue weighted by molar-refractivity contribution is -0.0802. The van der Waals surface area contributed by atoms with Crippen molar-refractivity contribution in [1.82, 2.24) is 4.90 Å². The number of hydrogen-bond donors (Lipinski definition) is 2. The maximum atomic E-state index is 9.17. The first-order valence-corrected chi connectivity index (χ1v) is 7.19. The second kappa shape index (κ2) is 7.04. The van der Waals surface area contributed by atoms with E-state index in [-0.39, 0.29) is 19.3 Å². The van der Waals surface area contributed by atoms with Crippen molar-refractivity contribution in [2.24, 2.45) is 0 Å². The second-order valence-corrected chi connectivity index (χ2v) is 5.81. The van der Waals surface area contributed by atoms with Gasteiger partial charge in [0.2, 0.25) is 0 Å². The van der Waals surface area contributed by atoms with Gasteiger partial charge < -0.3 is 14.9 Å².